The first kappa shape index (κ1) is 18.1. The van der Waals surface area contributed by atoms with E-state index in [9.17, 15) is 13.2 Å². The summed E-state index contributed by atoms with van der Waals surface area (Å²) >= 11 is 1.10. The highest BCUT2D eigenvalue weighted by atomic mass is 32.2. The van der Waals surface area contributed by atoms with Gasteiger partial charge >= 0.3 is 0 Å². The molecule has 0 saturated carbocycles. The van der Waals surface area contributed by atoms with Gasteiger partial charge < -0.3 is 14.7 Å². The lowest BCUT2D eigenvalue weighted by Crippen LogP contribution is -2.43. The second-order valence-corrected chi connectivity index (χ2v) is 7.51. The number of nitrogens with zero attached hydrogens (tertiary/aromatic N) is 2. The van der Waals surface area contributed by atoms with Gasteiger partial charge in [0.2, 0.25) is 5.91 Å². The van der Waals surface area contributed by atoms with Crippen molar-refractivity contribution in [2.24, 2.45) is 0 Å². The molecule has 0 atom stereocenters. The third-order valence-corrected chi connectivity index (χ3v) is 5.98. The molecule has 0 aliphatic heterocycles. The molecule has 0 aromatic carbocycles. The largest absolute Gasteiger partial charge is 0.395 e. The first-order chi connectivity index (χ1) is 9.93. The molecule has 1 aromatic rings. The van der Waals surface area contributed by atoms with Crippen LogP contribution in [0.25, 0.3) is 0 Å². The van der Waals surface area contributed by atoms with Gasteiger partial charge in [-0.2, -0.15) is 4.31 Å². The molecule has 21 heavy (non-hydrogen) atoms. The van der Waals surface area contributed by atoms with E-state index in [0.717, 1.165) is 15.6 Å². The molecule has 0 saturated heterocycles. The van der Waals surface area contributed by atoms with Crippen molar-refractivity contribution >= 4 is 27.3 Å². The van der Waals surface area contributed by atoms with Crippen molar-refractivity contribution in [1.29, 1.82) is 0 Å². The molecule has 0 aliphatic rings. The van der Waals surface area contributed by atoms with Crippen LogP contribution in [0.15, 0.2) is 21.7 Å². The molecule has 0 fully saturated rings. The number of thiophene rings is 1. The summed E-state index contributed by atoms with van der Waals surface area (Å²) in [4.78, 5) is 13.5. The van der Waals surface area contributed by atoms with Gasteiger partial charge in [0, 0.05) is 27.2 Å². The average molecular weight is 336 g/mol. The first-order valence-corrected chi connectivity index (χ1v) is 8.63. The second kappa shape index (κ2) is 8.44. The molecule has 0 spiro atoms. The Balaban J connectivity index is 2.71. The fraction of sp³-hybridized carbons (Fsp3) is 0.583. The van der Waals surface area contributed by atoms with Crippen molar-refractivity contribution in [1.82, 2.24) is 9.21 Å². The fourth-order valence-corrected chi connectivity index (χ4v) is 3.94. The Hall–Kier alpha value is -1.00. The van der Waals surface area contributed by atoms with Gasteiger partial charge in [-0.15, -0.1) is 11.3 Å². The molecule has 0 bridgehead atoms. The first-order valence-electron chi connectivity index (χ1n) is 6.31. The minimum atomic E-state index is -3.65. The van der Waals surface area contributed by atoms with Crippen LogP contribution >= 0.6 is 11.3 Å². The van der Waals surface area contributed by atoms with Gasteiger partial charge in [-0.3, -0.25) is 4.79 Å². The van der Waals surface area contributed by atoms with Crippen LogP contribution in [0, 0.1) is 0 Å². The molecule has 1 amide bonds. The Morgan fingerprint density at radius 3 is 2.67 bits per heavy atom. The Morgan fingerprint density at radius 1 is 1.43 bits per heavy atom. The monoisotopic (exact) mass is 336 g/mol. The van der Waals surface area contributed by atoms with E-state index >= 15 is 0 Å². The van der Waals surface area contributed by atoms with Crippen molar-refractivity contribution in [2.45, 2.75) is 4.21 Å². The summed E-state index contributed by atoms with van der Waals surface area (Å²) < 4.78 is 30.5. The molecule has 1 aromatic heterocycles. The average Bonchev–Trinajstić information content (AvgIpc) is 2.97. The molecule has 0 radical (unpaired) electrons. The van der Waals surface area contributed by atoms with Gasteiger partial charge in [-0.25, -0.2) is 8.42 Å². The predicted octanol–water partition coefficient (Wildman–Crippen LogP) is -0.164. The van der Waals surface area contributed by atoms with E-state index in [1.807, 2.05) is 0 Å². The van der Waals surface area contributed by atoms with Gasteiger partial charge in [-0.05, 0) is 11.4 Å². The normalized spacial score (nSPS) is 11.8. The van der Waals surface area contributed by atoms with Crippen LogP contribution in [0.3, 0.4) is 0 Å². The Labute approximate surface area is 128 Å². The molecular formula is C12H20N2O5S2. The number of rotatable bonds is 9. The molecule has 7 nitrogen and oxygen atoms in total. The van der Waals surface area contributed by atoms with E-state index in [1.165, 1.54) is 25.1 Å². The highest BCUT2D eigenvalue weighted by molar-refractivity contribution is 7.91. The molecule has 1 N–H and O–H groups in total. The van der Waals surface area contributed by atoms with Crippen LogP contribution < -0.4 is 0 Å². The highest BCUT2D eigenvalue weighted by Gasteiger charge is 2.25. The number of aliphatic hydroxyl groups excluding tert-OH is 1. The second-order valence-electron chi connectivity index (χ2n) is 4.29. The van der Waals surface area contributed by atoms with Crippen LogP contribution in [0.2, 0.25) is 0 Å². The summed E-state index contributed by atoms with van der Waals surface area (Å²) in [6, 6.07) is 3.14. The lowest BCUT2D eigenvalue weighted by Gasteiger charge is -2.24. The van der Waals surface area contributed by atoms with Crippen molar-refractivity contribution in [3.8, 4) is 0 Å². The number of carbonyl (C=O) groups is 1. The molecule has 0 aliphatic carbocycles. The highest BCUT2D eigenvalue weighted by Crippen LogP contribution is 2.19. The Bertz CT molecular complexity index is 530. The van der Waals surface area contributed by atoms with Crippen molar-refractivity contribution < 1.29 is 23.1 Å². The van der Waals surface area contributed by atoms with E-state index in [-0.39, 0.29) is 29.8 Å². The number of aliphatic hydroxyl groups is 1. The number of likely N-dealkylation sites (N-methyl/N-ethyl adjacent to an activating group) is 1. The number of hydrogen-bond acceptors (Lipinski definition) is 6. The van der Waals surface area contributed by atoms with Crippen molar-refractivity contribution in [2.75, 3.05) is 47.0 Å². The summed E-state index contributed by atoms with van der Waals surface area (Å²) in [6.07, 6.45) is 0. The van der Waals surface area contributed by atoms with Gasteiger partial charge in [0.1, 0.15) is 4.21 Å². The van der Waals surface area contributed by atoms with E-state index in [0.29, 0.717) is 13.2 Å². The van der Waals surface area contributed by atoms with Gasteiger partial charge in [0.05, 0.1) is 19.8 Å². The van der Waals surface area contributed by atoms with Crippen molar-refractivity contribution in [3.63, 3.8) is 0 Å². The summed E-state index contributed by atoms with van der Waals surface area (Å²) in [7, 11) is -0.779. The van der Waals surface area contributed by atoms with Crippen LogP contribution in [0.1, 0.15) is 0 Å². The number of ether oxygens (including phenoxy) is 1. The van der Waals surface area contributed by atoms with Crippen LogP contribution in [-0.2, 0) is 19.6 Å². The van der Waals surface area contributed by atoms with Crippen LogP contribution in [0.5, 0.6) is 0 Å². The fourth-order valence-electron chi connectivity index (χ4n) is 1.62. The maximum atomic E-state index is 12.2. The topological polar surface area (TPSA) is 87.2 Å². The number of carbonyl (C=O) groups excluding carboxylic acids is 1. The number of hydrogen-bond donors (Lipinski definition) is 1. The Morgan fingerprint density at radius 2 is 2.14 bits per heavy atom. The third-order valence-electron chi connectivity index (χ3n) is 2.81. The zero-order valence-electron chi connectivity index (χ0n) is 12.1. The molecule has 9 heteroatoms. The van der Waals surface area contributed by atoms with Gasteiger partial charge in [0.25, 0.3) is 10.0 Å². The van der Waals surface area contributed by atoms with Crippen LogP contribution in [-0.4, -0.2) is 75.6 Å². The lowest BCUT2D eigenvalue weighted by atomic mass is 10.4. The maximum Gasteiger partial charge on any atom is 0.252 e. The van der Waals surface area contributed by atoms with E-state index in [1.54, 1.807) is 11.4 Å². The maximum absolute atomic E-state index is 12.2. The van der Waals surface area contributed by atoms with E-state index in [4.69, 9.17) is 9.84 Å². The Kier molecular flexibility index (Phi) is 7.26. The van der Waals surface area contributed by atoms with Gasteiger partial charge in [0.15, 0.2) is 0 Å². The molecule has 1 heterocycles. The number of sulfonamides is 1. The van der Waals surface area contributed by atoms with E-state index in [2.05, 4.69) is 0 Å². The molecular weight excluding hydrogens is 316 g/mol. The van der Waals surface area contributed by atoms with Gasteiger partial charge in [-0.1, -0.05) is 6.07 Å². The molecule has 120 valence electrons. The third kappa shape index (κ3) is 5.04. The summed E-state index contributed by atoms with van der Waals surface area (Å²) in [5, 5.41) is 10.6. The standard InChI is InChI=1S/C12H20N2O5S2/c1-13(21(17,18)12-4-3-9-20-12)10-11(16)14(5-7-15)6-8-19-2/h3-4,9,15H,5-8,10H2,1-2H3. The molecule has 1 rings (SSSR count). The quantitative estimate of drug-likeness (QED) is 0.677. The predicted molar refractivity (Wildman–Crippen MR) is 79.7 cm³/mol. The molecule has 0 unspecified atom stereocenters. The summed E-state index contributed by atoms with van der Waals surface area (Å²) in [5.74, 6) is -0.372. The number of methoxy groups -OCH3 is 1. The lowest BCUT2D eigenvalue weighted by molar-refractivity contribution is -0.132. The van der Waals surface area contributed by atoms with E-state index < -0.39 is 10.0 Å². The minimum absolute atomic E-state index is 0.148. The SMILES string of the molecule is COCCN(CCO)C(=O)CN(C)S(=O)(=O)c1cccs1. The minimum Gasteiger partial charge on any atom is -0.395 e. The summed E-state index contributed by atoms with van der Waals surface area (Å²) in [5.41, 5.74) is 0. The van der Waals surface area contributed by atoms with Crippen molar-refractivity contribution in [3.05, 3.63) is 17.5 Å². The zero-order chi connectivity index (χ0) is 15.9. The summed E-state index contributed by atoms with van der Waals surface area (Å²) in [6.45, 7) is 0.325. The smallest absolute Gasteiger partial charge is 0.252 e. The van der Waals surface area contributed by atoms with Crippen LogP contribution in [0.4, 0.5) is 0 Å². The zero-order valence-corrected chi connectivity index (χ0v) is 13.7. The number of amides is 1.